The summed E-state index contributed by atoms with van der Waals surface area (Å²) in [6.07, 6.45) is 0. The molecule has 3 aromatic rings. The first-order valence-corrected chi connectivity index (χ1v) is 8.17. The van der Waals surface area contributed by atoms with E-state index in [1.54, 1.807) is 13.0 Å². The van der Waals surface area contributed by atoms with Crippen LogP contribution in [0, 0.1) is 13.8 Å². The molecule has 0 fully saturated rings. The lowest BCUT2D eigenvalue weighted by atomic mass is 10.2. The molecule has 1 amide bonds. The Morgan fingerprint density at radius 1 is 1.35 bits per heavy atom. The van der Waals surface area contributed by atoms with Crippen LogP contribution in [0.1, 0.15) is 26.8 Å². The Bertz CT molecular complexity index is 857. The maximum absolute atomic E-state index is 12.0. The van der Waals surface area contributed by atoms with E-state index >= 15 is 0 Å². The molecule has 0 aliphatic heterocycles. The van der Waals surface area contributed by atoms with E-state index in [0.717, 1.165) is 21.1 Å². The van der Waals surface area contributed by atoms with Gasteiger partial charge in [0.05, 0.1) is 17.3 Å². The van der Waals surface area contributed by atoms with E-state index in [2.05, 4.69) is 15.5 Å². The number of benzene rings is 1. The molecule has 0 saturated heterocycles. The van der Waals surface area contributed by atoms with Gasteiger partial charge in [-0.2, -0.15) is 0 Å². The van der Waals surface area contributed by atoms with Crippen LogP contribution in [-0.4, -0.2) is 16.0 Å². The number of aryl methyl sites for hydroxylation is 2. The summed E-state index contributed by atoms with van der Waals surface area (Å²) in [6.45, 7) is 4.05. The summed E-state index contributed by atoms with van der Waals surface area (Å²) in [6, 6.07) is 9.17. The Morgan fingerprint density at radius 3 is 2.83 bits per heavy atom. The van der Waals surface area contributed by atoms with Gasteiger partial charge in [0.25, 0.3) is 5.91 Å². The number of amides is 1. The lowest BCUT2D eigenvalue weighted by molar-refractivity contribution is 0.0942. The highest BCUT2D eigenvalue weighted by Crippen LogP contribution is 2.32. The molecule has 0 atom stereocenters. The van der Waals surface area contributed by atoms with Crippen molar-refractivity contribution in [3.63, 3.8) is 0 Å². The van der Waals surface area contributed by atoms with Gasteiger partial charge >= 0.3 is 0 Å². The van der Waals surface area contributed by atoms with Crippen LogP contribution in [0.25, 0.3) is 10.6 Å². The smallest absolute Gasteiger partial charge is 0.273 e. The van der Waals surface area contributed by atoms with Crippen molar-refractivity contribution in [1.29, 1.82) is 0 Å². The molecule has 0 aliphatic rings. The monoisotopic (exact) mass is 347 g/mol. The van der Waals surface area contributed by atoms with Crippen molar-refractivity contribution >= 4 is 28.8 Å². The first-order chi connectivity index (χ1) is 11.0. The minimum absolute atomic E-state index is 0.269. The average molecular weight is 348 g/mol. The third-order valence-corrected chi connectivity index (χ3v) is 4.79. The molecule has 0 radical (unpaired) electrons. The van der Waals surface area contributed by atoms with Crippen molar-refractivity contribution in [2.24, 2.45) is 0 Å². The van der Waals surface area contributed by atoms with E-state index in [4.69, 9.17) is 16.1 Å². The number of halogens is 1. The Kier molecular flexibility index (Phi) is 4.45. The highest BCUT2D eigenvalue weighted by molar-refractivity contribution is 7.15. The summed E-state index contributed by atoms with van der Waals surface area (Å²) < 4.78 is 4.90. The maximum atomic E-state index is 12.0. The fraction of sp³-hybridized carbons (Fsp3) is 0.188. The zero-order valence-electron chi connectivity index (χ0n) is 12.6. The largest absolute Gasteiger partial charge is 0.361 e. The minimum atomic E-state index is -0.269. The predicted molar refractivity (Wildman–Crippen MR) is 89.7 cm³/mol. The Labute approximate surface area is 142 Å². The number of nitrogens with zero attached hydrogens (tertiary/aromatic N) is 2. The van der Waals surface area contributed by atoms with Gasteiger partial charge in [0.15, 0.2) is 5.69 Å². The van der Waals surface area contributed by atoms with Gasteiger partial charge in [-0.1, -0.05) is 35.0 Å². The normalized spacial score (nSPS) is 10.7. The van der Waals surface area contributed by atoms with E-state index in [9.17, 15) is 4.79 Å². The molecular weight excluding hydrogens is 334 g/mol. The fourth-order valence-corrected chi connectivity index (χ4v) is 3.39. The standard InChI is InChI=1S/C16H14ClN3O2S/c1-9-7-13(20-22-9)15(21)18-8-14-10(2)19-16(23-14)11-5-3-4-6-12(11)17/h3-7H,8H2,1-2H3,(H,18,21). The molecule has 7 heteroatoms. The van der Waals surface area contributed by atoms with Gasteiger partial charge in [-0.15, -0.1) is 11.3 Å². The van der Waals surface area contributed by atoms with Crippen LogP contribution in [-0.2, 0) is 6.54 Å². The number of carbonyl (C=O) groups is 1. The zero-order valence-corrected chi connectivity index (χ0v) is 14.2. The van der Waals surface area contributed by atoms with Crippen molar-refractivity contribution in [3.8, 4) is 10.6 Å². The zero-order chi connectivity index (χ0) is 16.4. The van der Waals surface area contributed by atoms with Gasteiger partial charge in [-0.05, 0) is 19.9 Å². The number of nitrogens with one attached hydrogen (secondary N) is 1. The third kappa shape index (κ3) is 3.43. The summed E-state index contributed by atoms with van der Waals surface area (Å²) in [5.41, 5.74) is 2.05. The van der Waals surface area contributed by atoms with Crippen LogP contribution in [0.5, 0.6) is 0 Å². The van der Waals surface area contributed by atoms with E-state index in [1.165, 1.54) is 11.3 Å². The second-order valence-corrected chi connectivity index (χ2v) is 6.50. The first kappa shape index (κ1) is 15.7. The minimum Gasteiger partial charge on any atom is -0.361 e. The quantitative estimate of drug-likeness (QED) is 0.774. The second kappa shape index (κ2) is 6.52. The van der Waals surface area contributed by atoms with Crippen LogP contribution in [0.15, 0.2) is 34.9 Å². The molecule has 118 valence electrons. The van der Waals surface area contributed by atoms with Crippen molar-refractivity contribution < 1.29 is 9.32 Å². The molecule has 23 heavy (non-hydrogen) atoms. The lowest BCUT2D eigenvalue weighted by Crippen LogP contribution is -2.22. The van der Waals surface area contributed by atoms with Gasteiger partial charge < -0.3 is 9.84 Å². The number of hydrogen-bond donors (Lipinski definition) is 1. The Balaban J connectivity index is 1.74. The first-order valence-electron chi connectivity index (χ1n) is 6.97. The SMILES string of the molecule is Cc1cc(C(=O)NCc2sc(-c3ccccc3Cl)nc2C)no1. The van der Waals surface area contributed by atoms with Gasteiger partial charge in [-0.3, -0.25) is 4.79 Å². The van der Waals surface area contributed by atoms with Crippen LogP contribution < -0.4 is 5.32 Å². The number of aromatic nitrogens is 2. The number of thiazole rings is 1. The van der Waals surface area contributed by atoms with E-state index in [1.807, 2.05) is 31.2 Å². The summed E-state index contributed by atoms with van der Waals surface area (Å²) >= 11 is 7.72. The molecule has 5 nitrogen and oxygen atoms in total. The van der Waals surface area contributed by atoms with E-state index in [0.29, 0.717) is 17.3 Å². The third-order valence-electron chi connectivity index (χ3n) is 3.27. The van der Waals surface area contributed by atoms with Crippen LogP contribution in [0.4, 0.5) is 0 Å². The molecule has 1 N–H and O–H groups in total. The van der Waals surface area contributed by atoms with E-state index < -0.39 is 0 Å². The Morgan fingerprint density at radius 2 is 2.13 bits per heavy atom. The van der Waals surface area contributed by atoms with Crippen LogP contribution >= 0.6 is 22.9 Å². The van der Waals surface area contributed by atoms with Crippen molar-refractivity contribution in [2.45, 2.75) is 20.4 Å². The van der Waals surface area contributed by atoms with E-state index in [-0.39, 0.29) is 11.6 Å². The molecular formula is C16H14ClN3O2S. The highest BCUT2D eigenvalue weighted by Gasteiger charge is 2.14. The fourth-order valence-electron chi connectivity index (χ4n) is 2.07. The van der Waals surface area contributed by atoms with Crippen molar-refractivity contribution in [1.82, 2.24) is 15.5 Å². The number of rotatable bonds is 4. The van der Waals surface area contributed by atoms with Gasteiger partial charge in [0.1, 0.15) is 10.8 Å². The molecule has 1 aromatic carbocycles. The Hall–Kier alpha value is -2.18. The molecule has 2 heterocycles. The molecule has 2 aromatic heterocycles. The average Bonchev–Trinajstić information content (AvgIpc) is 3.11. The van der Waals surface area contributed by atoms with Crippen LogP contribution in [0.2, 0.25) is 5.02 Å². The number of hydrogen-bond acceptors (Lipinski definition) is 5. The molecule has 0 bridgehead atoms. The maximum Gasteiger partial charge on any atom is 0.273 e. The van der Waals surface area contributed by atoms with Crippen molar-refractivity contribution in [3.05, 3.63) is 57.4 Å². The van der Waals surface area contributed by atoms with Gasteiger partial charge in [0, 0.05) is 16.5 Å². The predicted octanol–water partition coefficient (Wildman–Crippen LogP) is 4.00. The van der Waals surface area contributed by atoms with Gasteiger partial charge in [-0.25, -0.2) is 4.98 Å². The summed E-state index contributed by atoms with van der Waals surface area (Å²) in [4.78, 5) is 17.5. The molecule has 3 rings (SSSR count). The molecule has 0 saturated carbocycles. The van der Waals surface area contributed by atoms with Gasteiger partial charge in [0.2, 0.25) is 0 Å². The molecule has 0 aliphatic carbocycles. The van der Waals surface area contributed by atoms with Crippen molar-refractivity contribution in [2.75, 3.05) is 0 Å². The molecule has 0 spiro atoms. The lowest BCUT2D eigenvalue weighted by Gasteiger charge is -2.00. The summed E-state index contributed by atoms with van der Waals surface area (Å²) in [7, 11) is 0. The summed E-state index contributed by atoms with van der Waals surface area (Å²) in [5.74, 6) is 0.332. The molecule has 0 unspecified atom stereocenters. The highest BCUT2D eigenvalue weighted by atomic mass is 35.5. The topological polar surface area (TPSA) is 68.0 Å². The summed E-state index contributed by atoms with van der Waals surface area (Å²) in [5, 5.41) is 8.03. The second-order valence-electron chi connectivity index (χ2n) is 5.01. The van der Waals surface area contributed by atoms with Crippen LogP contribution in [0.3, 0.4) is 0 Å². The number of carbonyl (C=O) groups excluding carboxylic acids is 1.